The van der Waals surface area contributed by atoms with Gasteiger partial charge in [0.05, 0.1) is 13.0 Å². The Hall–Kier alpha value is -2.05. The molecule has 150 valence electrons. The maximum absolute atomic E-state index is 13.4. The Morgan fingerprint density at radius 2 is 1.93 bits per heavy atom. The molecule has 0 spiro atoms. The van der Waals surface area contributed by atoms with E-state index in [1.54, 1.807) is 19.2 Å². The lowest BCUT2D eigenvalue weighted by Crippen LogP contribution is -2.34. The third-order valence-electron chi connectivity index (χ3n) is 5.95. The van der Waals surface area contributed by atoms with Crippen LogP contribution in [0.3, 0.4) is 0 Å². The summed E-state index contributed by atoms with van der Waals surface area (Å²) in [5.41, 5.74) is 3.17. The summed E-state index contributed by atoms with van der Waals surface area (Å²) in [6.07, 6.45) is -2.65. The zero-order valence-corrected chi connectivity index (χ0v) is 15.9. The summed E-state index contributed by atoms with van der Waals surface area (Å²) in [5, 5.41) is 7.06. The zero-order chi connectivity index (χ0) is 19.7. The Morgan fingerprint density at radius 1 is 1.14 bits per heavy atom. The van der Waals surface area contributed by atoms with Crippen LogP contribution in [0.5, 0.6) is 5.75 Å². The molecule has 28 heavy (non-hydrogen) atoms. The molecule has 6 heteroatoms. The Labute approximate surface area is 163 Å². The van der Waals surface area contributed by atoms with Gasteiger partial charge in [-0.1, -0.05) is 30.3 Å². The van der Waals surface area contributed by atoms with Crippen LogP contribution in [0.15, 0.2) is 42.5 Å². The van der Waals surface area contributed by atoms with Gasteiger partial charge in [0, 0.05) is 24.2 Å². The van der Waals surface area contributed by atoms with Gasteiger partial charge in [-0.15, -0.1) is 0 Å². The van der Waals surface area contributed by atoms with E-state index in [-0.39, 0.29) is 18.5 Å². The van der Waals surface area contributed by atoms with Gasteiger partial charge in [0.1, 0.15) is 5.75 Å². The third kappa shape index (κ3) is 3.76. The van der Waals surface area contributed by atoms with Gasteiger partial charge in [0.25, 0.3) is 0 Å². The summed E-state index contributed by atoms with van der Waals surface area (Å²) < 4.78 is 45.6. The number of benzene rings is 2. The summed E-state index contributed by atoms with van der Waals surface area (Å²) in [4.78, 5) is 0. The number of halogens is 3. The number of rotatable bonds is 5. The average molecular weight is 390 g/mol. The molecule has 0 aromatic heterocycles. The van der Waals surface area contributed by atoms with Crippen LogP contribution >= 0.6 is 0 Å². The van der Waals surface area contributed by atoms with Gasteiger partial charge in [0.15, 0.2) is 0 Å². The minimum absolute atomic E-state index is 0.126. The second-order valence-electron chi connectivity index (χ2n) is 7.61. The molecular weight excluding hydrogens is 365 g/mol. The molecule has 3 atom stereocenters. The largest absolute Gasteiger partial charge is 0.496 e. The van der Waals surface area contributed by atoms with Crippen molar-refractivity contribution >= 4 is 0 Å². The minimum atomic E-state index is -4.20. The summed E-state index contributed by atoms with van der Waals surface area (Å²) >= 11 is 0. The van der Waals surface area contributed by atoms with E-state index in [4.69, 9.17) is 4.74 Å². The Kier molecular flexibility index (Phi) is 5.34. The zero-order valence-electron chi connectivity index (χ0n) is 15.9. The van der Waals surface area contributed by atoms with Gasteiger partial charge < -0.3 is 15.4 Å². The van der Waals surface area contributed by atoms with E-state index < -0.39 is 12.1 Å². The van der Waals surface area contributed by atoms with E-state index in [1.165, 1.54) is 5.56 Å². The Balaban J connectivity index is 1.53. The van der Waals surface area contributed by atoms with Gasteiger partial charge in [0.2, 0.25) is 0 Å². The summed E-state index contributed by atoms with van der Waals surface area (Å²) in [5.74, 6) is -0.700. The van der Waals surface area contributed by atoms with E-state index in [0.29, 0.717) is 24.3 Å². The van der Waals surface area contributed by atoms with E-state index >= 15 is 0 Å². The van der Waals surface area contributed by atoms with Gasteiger partial charge in [-0.3, -0.25) is 0 Å². The van der Waals surface area contributed by atoms with Crippen LogP contribution in [0, 0.1) is 0 Å². The number of alkyl halides is 3. The fourth-order valence-corrected chi connectivity index (χ4v) is 4.52. The average Bonchev–Trinajstić information content (AvgIpc) is 3.32. The lowest BCUT2D eigenvalue weighted by atomic mass is 9.97. The molecule has 1 saturated heterocycles. The van der Waals surface area contributed by atoms with Crippen LogP contribution < -0.4 is 15.4 Å². The first-order chi connectivity index (χ1) is 13.5. The van der Waals surface area contributed by atoms with E-state index in [9.17, 15) is 13.2 Å². The topological polar surface area (TPSA) is 33.3 Å². The quantitative estimate of drug-likeness (QED) is 0.790. The lowest BCUT2D eigenvalue weighted by Gasteiger charge is -2.23. The molecule has 0 radical (unpaired) electrons. The molecule has 0 amide bonds. The molecule has 0 saturated carbocycles. The smallest absolute Gasteiger partial charge is 0.395 e. The fraction of sp³-hybridized carbons (Fsp3) is 0.455. The number of fused-ring (bicyclic) bond motifs is 1. The SMILES string of the molecule is COc1cc2c(cc1CN[C@@H]1CCN[C@@H]1c1ccccc1)C(C(F)(F)F)CC2. The van der Waals surface area contributed by atoms with Crippen LogP contribution in [0.2, 0.25) is 0 Å². The number of nitrogens with one attached hydrogen (secondary N) is 2. The number of ether oxygens (including phenoxy) is 1. The third-order valence-corrected chi connectivity index (χ3v) is 5.95. The highest BCUT2D eigenvalue weighted by Gasteiger charge is 2.44. The van der Waals surface area contributed by atoms with Crippen molar-refractivity contribution in [3.63, 3.8) is 0 Å². The predicted octanol–water partition coefficient (Wildman–Crippen LogP) is 4.48. The van der Waals surface area contributed by atoms with Crippen molar-refractivity contribution in [2.45, 2.75) is 50.0 Å². The molecule has 2 aromatic carbocycles. The number of aryl methyl sites for hydroxylation is 1. The highest BCUT2D eigenvalue weighted by Crippen LogP contribution is 2.46. The van der Waals surface area contributed by atoms with E-state index in [1.807, 2.05) is 18.2 Å². The first-order valence-electron chi connectivity index (χ1n) is 9.75. The Bertz CT molecular complexity index is 823. The highest BCUT2D eigenvalue weighted by atomic mass is 19.4. The second-order valence-corrected chi connectivity index (χ2v) is 7.61. The standard InChI is InChI=1S/C22H25F3N2O/c1-28-20-12-15-7-8-18(22(23,24)25)17(15)11-16(20)13-27-19-9-10-26-21(19)14-5-3-2-4-6-14/h2-6,11-12,18-19,21,26-27H,7-10,13H2,1H3/t18?,19-,21-/m1/s1. The van der Waals surface area contributed by atoms with Crippen molar-refractivity contribution in [1.82, 2.24) is 10.6 Å². The van der Waals surface area contributed by atoms with Crippen LogP contribution in [0.25, 0.3) is 0 Å². The molecule has 0 bridgehead atoms. The molecule has 2 aliphatic rings. The van der Waals surface area contributed by atoms with Crippen molar-refractivity contribution in [2.75, 3.05) is 13.7 Å². The first-order valence-corrected chi connectivity index (χ1v) is 9.75. The maximum atomic E-state index is 13.4. The molecule has 1 unspecified atom stereocenters. The van der Waals surface area contributed by atoms with Gasteiger partial charge in [-0.05, 0) is 54.6 Å². The predicted molar refractivity (Wildman–Crippen MR) is 103 cm³/mol. The molecule has 1 fully saturated rings. The van der Waals surface area contributed by atoms with Crippen LogP contribution in [0.1, 0.15) is 47.1 Å². The molecule has 2 aromatic rings. The second kappa shape index (κ2) is 7.76. The lowest BCUT2D eigenvalue weighted by molar-refractivity contribution is -0.149. The van der Waals surface area contributed by atoms with Crippen molar-refractivity contribution in [3.05, 3.63) is 64.7 Å². The monoisotopic (exact) mass is 390 g/mol. The molecule has 3 nitrogen and oxygen atoms in total. The van der Waals surface area contributed by atoms with Crippen LogP contribution in [-0.2, 0) is 13.0 Å². The Morgan fingerprint density at radius 3 is 2.64 bits per heavy atom. The van der Waals surface area contributed by atoms with Crippen molar-refractivity contribution < 1.29 is 17.9 Å². The highest BCUT2D eigenvalue weighted by molar-refractivity contribution is 5.47. The van der Waals surface area contributed by atoms with Crippen LogP contribution in [0.4, 0.5) is 13.2 Å². The van der Waals surface area contributed by atoms with Crippen LogP contribution in [-0.4, -0.2) is 25.9 Å². The first kappa shape index (κ1) is 19.3. The van der Waals surface area contributed by atoms with Gasteiger partial charge in [-0.25, -0.2) is 0 Å². The molecule has 1 aliphatic carbocycles. The maximum Gasteiger partial charge on any atom is 0.395 e. The molecular formula is C22H25F3N2O. The number of hydrogen-bond donors (Lipinski definition) is 2. The molecule has 4 rings (SSSR count). The molecule has 1 aliphatic heterocycles. The van der Waals surface area contributed by atoms with Crippen molar-refractivity contribution in [3.8, 4) is 5.75 Å². The van der Waals surface area contributed by atoms with E-state index in [2.05, 4.69) is 22.8 Å². The summed E-state index contributed by atoms with van der Waals surface area (Å²) in [6, 6.07) is 14.1. The van der Waals surface area contributed by atoms with Crippen molar-refractivity contribution in [2.24, 2.45) is 0 Å². The summed E-state index contributed by atoms with van der Waals surface area (Å²) in [7, 11) is 1.57. The number of methoxy groups -OCH3 is 1. The normalized spacial score (nSPS) is 24.4. The molecule has 1 heterocycles. The van der Waals surface area contributed by atoms with Gasteiger partial charge >= 0.3 is 6.18 Å². The van der Waals surface area contributed by atoms with E-state index in [0.717, 1.165) is 24.1 Å². The fourth-order valence-electron chi connectivity index (χ4n) is 4.52. The number of hydrogen-bond acceptors (Lipinski definition) is 3. The molecule has 2 N–H and O–H groups in total. The van der Waals surface area contributed by atoms with Crippen molar-refractivity contribution in [1.29, 1.82) is 0 Å². The van der Waals surface area contributed by atoms with Gasteiger partial charge in [-0.2, -0.15) is 13.2 Å². The summed E-state index contributed by atoms with van der Waals surface area (Å²) in [6.45, 7) is 1.39. The minimum Gasteiger partial charge on any atom is -0.496 e.